The van der Waals surface area contributed by atoms with Gasteiger partial charge in [-0.25, -0.2) is 0 Å². The van der Waals surface area contributed by atoms with Gasteiger partial charge in [0.15, 0.2) is 0 Å². The molecule has 0 bridgehead atoms. The molecule has 0 aromatic heterocycles. The molecule has 0 saturated carbocycles. The maximum atomic E-state index is 9.41. The molecule has 0 aromatic carbocycles. The van der Waals surface area contributed by atoms with Crippen LogP contribution in [0.4, 0.5) is 0 Å². The average Bonchev–Trinajstić information content (AvgIpc) is 1.87. The minimum Gasteiger partial charge on any atom is -0.566 e. The van der Waals surface area contributed by atoms with Crippen LogP contribution in [0.1, 0.15) is 13.8 Å². The first-order valence-electron chi connectivity index (χ1n) is 3.09. The number of hydrogen-bond donors (Lipinski definition) is 0. The molecule has 0 aliphatic heterocycles. The minimum atomic E-state index is -2.60. The van der Waals surface area contributed by atoms with Crippen LogP contribution in [0, 0.1) is 0 Å². The van der Waals surface area contributed by atoms with Gasteiger partial charge < -0.3 is 9.79 Å². The Morgan fingerprint density at radius 1 is 1.00 bits per heavy atom. The molecule has 78 valence electrons. The van der Waals surface area contributed by atoms with E-state index in [1.807, 2.05) is 0 Å². The SMILES string of the molecule is CCO[P+](=O)[O-].CCO[P+](=O)[O-].[Fe+2]. The molecular formula is C4H10FeO6P2+2. The summed E-state index contributed by atoms with van der Waals surface area (Å²) in [6.45, 7) is 3.70. The van der Waals surface area contributed by atoms with Gasteiger partial charge in [0.1, 0.15) is 0 Å². The van der Waals surface area contributed by atoms with Crippen molar-refractivity contribution < 1.29 is 45.0 Å². The van der Waals surface area contributed by atoms with Crippen LogP contribution in [0.2, 0.25) is 0 Å². The molecule has 0 heterocycles. The Bertz CT molecular complexity index is 127. The average molecular weight is 272 g/mol. The molecule has 0 fully saturated rings. The van der Waals surface area contributed by atoms with E-state index in [4.69, 9.17) is 0 Å². The fourth-order valence-corrected chi connectivity index (χ4v) is 0.632. The molecule has 0 aromatic rings. The summed E-state index contributed by atoms with van der Waals surface area (Å²) >= 11 is 0. The zero-order chi connectivity index (χ0) is 9.98. The van der Waals surface area contributed by atoms with Crippen LogP contribution in [-0.2, 0) is 35.2 Å². The van der Waals surface area contributed by atoms with Crippen molar-refractivity contribution in [3.63, 3.8) is 0 Å². The Morgan fingerprint density at radius 3 is 1.23 bits per heavy atom. The van der Waals surface area contributed by atoms with Gasteiger partial charge in [0.25, 0.3) is 0 Å². The van der Waals surface area contributed by atoms with Gasteiger partial charge in [-0.3, -0.25) is 0 Å². The summed E-state index contributed by atoms with van der Waals surface area (Å²) in [7, 11) is -5.20. The van der Waals surface area contributed by atoms with Gasteiger partial charge in [-0.2, -0.15) is 0 Å². The fourth-order valence-electron chi connectivity index (χ4n) is 0.211. The molecule has 0 N–H and O–H groups in total. The second kappa shape index (κ2) is 15.1. The second-order valence-corrected chi connectivity index (χ2v) is 2.69. The van der Waals surface area contributed by atoms with Crippen molar-refractivity contribution in [3.05, 3.63) is 0 Å². The molecule has 0 amide bonds. The third-order valence-electron chi connectivity index (χ3n) is 0.469. The molecule has 0 saturated heterocycles. The van der Waals surface area contributed by atoms with Gasteiger partial charge in [-0.15, -0.1) is 9.05 Å². The van der Waals surface area contributed by atoms with Crippen LogP contribution in [0.25, 0.3) is 0 Å². The van der Waals surface area contributed by atoms with E-state index in [0.717, 1.165) is 0 Å². The molecule has 13 heavy (non-hydrogen) atoms. The van der Waals surface area contributed by atoms with E-state index in [1.54, 1.807) is 13.8 Å². The first kappa shape index (κ1) is 19.2. The second-order valence-electron chi connectivity index (χ2n) is 1.28. The van der Waals surface area contributed by atoms with E-state index in [1.165, 1.54) is 0 Å². The largest absolute Gasteiger partial charge is 2.00 e. The van der Waals surface area contributed by atoms with Crippen molar-refractivity contribution in [2.75, 3.05) is 13.2 Å². The predicted octanol–water partition coefficient (Wildman–Crippen LogP) is 0.0787. The van der Waals surface area contributed by atoms with Crippen molar-refractivity contribution in [1.82, 2.24) is 0 Å². The number of rotatable bonds is 4. The van der Waals surface area contributed by atoms with Crippen molar-refractivity contribution in [3.8, 4) is 0 Å². The molecular weight excluding hydrogens is 262 g/mol. The molecule has 2 unspecified atom stereocenters. The Kier molecular flexibility index (Phi) is 22.2. The van der Waals surface area contributed by atoms with Crippen molar-refractivity contribution in [1.29, 1.82) is 0 Å². The van der Waals surface area contributed by atoms with Gasteiger partial charge >= 0.3 is 33.6 Å². The number of hydrogen-bond acceptors (Lipinski definition) is 6. The Hall–Kier alpha value is 0.559. The Morgan fingerprint density at radius 2 is 1.23 bits per heavy atom. The predicted molar refractivity (Wildman–Crippen MR) is 38.5 cm³/mol. The van der Waals surface area contributed by atoms with Gasteiger partial charge in [-0.05, 0) is 23.0 Å². The summed E-state index contributed by atoms with van der Waals surface area (Å²) in [5, 5.41) is 0. The van der Waals surface area contributed by atoms with E-state index in [-0.39, 0.29) is 30.3 Å². The normalized spacial score (nSPS) is 10.5. The quantitative estimate of drug-likeness (QED) is 0.530. The fraction of sp³-hybridized carbons (Fsp3) is 1.00. The Labute approximate surface area is 89.0 Å². The molecule has 0 spiro atoms. The van der Waals surface area contributed by atoms with E-state index in [0.29, 0.717) is 0 Å². The van der Waals surface area contributed by atoms with Crippen molar-refractivity contribution in [2.24, 2.45) is 0 Å². The standard InChI is InChI=1S/2C2H5O3P.Fe/c2*1-2-5-6(3)4;/h2*2H2,1H3;/q;;+2. The van der Waals surface area contributed by atoms with E-state index < -0.39 is 16.5 Å². The first-order valence-corrected chi connectivity index (χ1v) is 5.28. The molecule has 9 heteroatoms. The topological polar surface area (TPSA) is 98.7 Å². The third-order valence-corrected chi connectivity index (χ3v) is 1.41. The summed E-state index contributed by atoms with van der Waals surface area (Å²) in [4.78, 5) is 18.8. The van der Waals surface area contributed by atoms with E-state index in [2.05, 4.69) is 9.05 Å². The zero-order valence-electron chi connectivity index (χ0n) is 7.11. The maximum absolute atomic E-state index is 9.41. The smallest absolute Gasteiger partial charge is 0.566 e. The van der Waals surface area contributed by atoms with Gasteiger partial charge in [0, 0.05) is 0 Å². The summed E-state index contributed by atoms with van der Waals surface area (Å²) < 4.78 is 26.8. The van der Waals surface area contributed by atoms with Crippen LogP contribution >= 0.6 is 16.5 Å². The van der Waals surface area contributed by atoms with E-state index in [9.17, 15) is 18.9 Å². The zero-order valence-corrected chi connectivity index (χ0v) is 10.0. The van der Waals surface area contributed by atoms with E-state index >= 15 is 0 Å². The van der Waals surface area contributed by atoms with Gasteiger partial charge in [-0.1, -0.05) is 0 Å². The summed E-state index contributed by atoms with van der Waals surface area (Å²) in [5.41, 5.74) is 0. The van der Waals surface area contributed by atoms with Gasteiger partial charge in [0.05, 0.1) is 13.2 Å². The molecule has 0 aliphatic carbocycles. The maximum Gasteiger partial charge on any atom is 2.00 e. The molecule has 2 atom stereocenters. The van der Waals surface area contributed by atoms with Crippen LogP contribution in [0.15, 0.2) is 0 Å². The summed E-state index contributed by atoms with van der Waals surface area (Å²) in [5.74, 6) is 0. The monoisotopic (exact) mass is 272 g/mol. The van der Waals surface area contributed by atoms with Crippen molar-refractivity contribution >= 4 is 16.5 Å². The minimum absolute atomic E-state index is 0. The first-order chi connectivity index (χ1) is 5.54. The molecule has 6 nitrogen and oxygen atoms in total. The van der Waals surface area contributed by atoms with Crippen LogP contribution < -0.4 is 9.79 Å². The Balaban J connectivity index is -0.000000143. The molecule has 0 aliphatic rings. The van der Waals surface area contributed by atoms with Crippen LogP contribution in [-0.4, -0.2) is 13.2 Å². The summed E-state index contributed by atoms with van der Waals surface area (Å²) in [6, 6.07) is 0. The molecule has 0 radical (unpaired) electrons. The van der Waals surface area contributed by atoms with Crippen LogP contribution in [0.5, 0.6) is 0 Å². The third kappa shape index (κ3) is 32.5. The van der Waals surface area contributed by atoms with Crippen LogP contribution in [0.3, 0.4) is 0 Å². The molecule has 0 rings (SSSR count). The summed E-state index contributed by atoms with van der Waals surface area (Å²) in [6.07, 6.45) is 0. The van der Waals surface area contributed by atoms with Crippen molar-refractivity contribution in [2.45, 2.75) is 13.8 Å². The van der Waals surface area contributed by atoms with Gasteiger partial charge in [0.2, 0.25) is 0 Å².